The third-order valence-electron chi connectivity index (χ3n) is 3.27. The molecule has 4 heteroatoms. The van der Waals surface area contributed by atoms with Gasteiger partial charge in [-0.1, -0.05) is 6.42 Å². The molecule has 1 atom stereocenters. The van der Waals surface area contributed by atoms with Crippen LogP contribution >= 0.6 is 0 Å². The van der Waals surface area contributed by atoms with Gasteiger partial charge in [0.2, 0.25) is 0 Å². The highest BCUT2D eigenvalue weighted by atomic mass is 16.5. The van der Waals surface area contributed by atoms with Gasteiger partial charge in [-0.3, -0.25) is 9.69 Å². The Morgan fingerprint density at radius 1 is 1.38 bits per heavy atom. The number of aliphatic carboxylic acids is 1. The van der Waals surface area contributed by atoms with Crippen LogP contribution in [0.5, 0.6) is 0 Å². The molecule has 94 valence electrons. The van der Waals surface area contributed by atoms with E-state index >= 15 is 0 Å². The molecule has 16 heavy (non-hydrogen) atoms. The van der Waals surface area contributed by atoms with E-state index in [1.165, 1.54) is 19.3 Å². The summed E-state index contributed by atoms with van der Waals surface area (Å²) in [5.74, 6) is -0.743. The van der Waals surface area contributed by atoms with Crippen LogP contribution in [-0.2, 0) is 9.53 Å². The summed E-state index contributed by atoms with van der Waals surface area (Å²) in [6.07, 6.45) is 3.75. The van der Waals surface area contributed by atoms with Crippen LogP contribution in [0.3, 0.4) is 0 Å². The summed E-state index contributed by atoms with van der Waals surface area (Å²) in [4.78, 5) is 13.2. The Morgan fingerprint density at radius 2 is 2.00 bits per heavy atom. The predicted molar refractivity (Wildman–Crippen MR) is 62.6 cm³/mol. The molecule has 1 aliphatic rings. The summed E-state index contributed by atoms with van der Waals surface area (Å²) < 4.78 is 5.45. The van der Waals surface area contributed by atoms with E-state index < -0.39 is 5.97 Å². The fourth-order valence-electron chi connectivity index (χ4n) is 2.34. The lowest BCUT2D eigenvalue weighted by molar-refractivity contribution is -0.142. The first-order valence-corrected chi connectivity index (χ1v) is 6.13. The molecule has 1 fully saturated rings. The van der Waals surface area contributed by atoms with Gasteiger partial charge in [0.25, 0.3) is 0 Å². The summed E-state index contributed by atoms with van der Waals surface area (Å²) in [6, 6.07) is 0. The summed E-state index contributed by atoms with van der Waals surface area (Å²) in [5.41, 5.74) is -0.345. The fourth-order valence-corrected chi connectivity index (χ4v) is 2.34. The fraction of sp³-hybridized carbons (Fsp3) is 0.917. The Labute approximate surface area is 97.6 Å². The first-order valence-electron chi connectivity index (χ1n) is 6.13. The molecule has 0 amide bonds. The van der Waals surface area contributed by atoms with Crippen LogP contribution in [0.15, 0.2) is 0 Å². The largest absolute Gasteiger partial charge is 0.481 e. The van der Waals surface area contributed by atoms with Gasteiger partial charge in [0.05, 0.1) is 18.6 Å². The van der Waals surface area contributed by atoms with Gasteiger partial charge >= 0.3 is 5.97 Å². The smallest absolute Gasteiger partial charge is 0.305 e. The standard InChI is InChI=1S/C12H23NO3/c1-3-16-10-12(2,9-11(14)15)13-7-5-4-6-8-13/h3-10H2,1-2H3,(H,14,15). The second kappa shape index (κ2) is 6.21. The van der Waals surface area contributed by atoms with Crippen molar-refractivity contribution in [1.29, 1.82) is 0 Å². The van der Waals surface area contributed by atoms with Crippen LogP contribution in [0.1, 0.15) is 39.5 Å². The van der Waals surface area contributed by atoms with E-state index in [1.54, 1.807) is 0 Å². The van der Waals surface area contributed by atoms with E-state index in [0.717, 1.165) is 13.1 Å². The maximum Gasteiger partial charge on any atom is 0.305 e. The van der Waals surface area contributed by atoms with Crippen molar-refractivity contribution >= 4 is 5.97 Å². The Kier molecular flexibility index (Phi) is 5.22. The first-order chi connectivity index (χ1) is 7.58. The molecule has 0 aromatic carbocycles. The van der Waals surface area contributed by atoms with E-state index in [9.17, 15) is 4.79 Å². The Morgan fingerprint density at radius 3 is 2.50 bits per heavy atom. The molecule has 0 aliphatic carbocycles. The number of carboxylic acid groups (broad SMARTS) is 1. The molecule has 0 bridgehead atoms. The van der Waals surface area contributed by atoms with E-state index in [-0.39, 0.29) is 12.0 Å². The van der Waals surface area contributed by atoms with Crippen LogP contribution in [0.4, 0.5) is 0 Å². The van der Waals surface area contributed by atoms with E-state index in [0.29, 0.717) is 13.2 Å². The molecule has 1 rings (SSSR count). The SMILES string of the molecule is CCOCC(C)(CC(=O)O)N1CCCCC1. The van der Waals surface area contributed by atoms with Gasteiger partial charge in [0, 0.05) is 6.61 Å². The lowest BCUT2D eigenvalue weighted by atomic mass is 9.93. The average Bonchev–Trinajstić information content (AvgIpc) is 2.27. The topological polar surface area (TPSA) is 49.8 Å². The Balaban J connectivity index is 2.62. The van der Waals surface area contributed by atoms with Gasteiger partial charge in [-0.05, 0) is 39.8 Å². The highest BCUT2D eigenvalue weighted by Crippen LogP contribution is 2.24. The molecule has 1 saturated heterocycles. The average molecular weight is 229 g/mol. The van der Waals surface area contributed by atoms with Crippen molar-refractivity contribution in [1.82, 2.24) is 4.90 Å². The molecule has 0 saturated carbocycles. The highest BCUT2D eigenvalue weighted by Gasteiger charge is 2.35. The Bertz CT molecular complexity index is 226. The third kappa shape index (κ3) is 3.76. The zero-order valence-electron chi connectivity index (χ0n) is 10.4. The zero-order chi connectivity index (χ0) is 12.0. The van der Waals surface area contributed by atoms with Crippen LogP contribution < -0.4 is 0 Å². The van der Waals surface area contributed by atoms with Crippen molar-refractivity contribution in [2.45, 2.75) is 45.1 Å². The minimum absolute atomic E-state index is 0.160. The quantitative estimate of drug-likeness (QED) is 0.753. The second-order valence-corrected chi connectivity index (χ2v) is 4.75. The van der Waals surface area contributed by atoms with E-state index in [1.807, 2.05) is 13.8 Å². The number of ether oxygens (including phenoxy) is 1. The third-order valence-corrected chi connectivity index (χ3v) is 3.27. The van der Waals surface area contributed by atoms with Crippen LogP contribution in [-0.4, -0.2) is 47.8 Å². The van der Waals surface area contributed by atoms with Crippen molar-refractivity contribution in [3.63, 3.8) is 0 Å². The van der Waals surface area contributed by atoms with Crippen LogP contribution in [0.2, 0.25) is 0 Å². The van der Waals surface area contributed by atoms with Crippen LogP contribution in [0.25, 0.3) is 0 Å². The lowest BCUT2D eigenvalue weighted by Gasteiger charge is -2.42. The summed E-state index contributed by atoms with van der Waals surface area (Å²) in [5, 5.41) is 9.00. The van der Waals surface area contributed by atoms with Crippen molar-refractivity contribution in [3.8, 4) is 0 Å². The van der Waals surface area contributed by atoms with Gasteiger partial charge in [0.15, 0.2) is 0 Å². The number of hydrogen-bond acceptors (Lipinski definition) is 3. The molecule has 0 aromatic rings. The number of rotatable bonds is 6. The predicted octanol–water partition coefficient (Wildman–Crippen LogP) is 1.74. The zero-order valence-corrected chi connectivity index (χ0v) is 10.4. The minimum atomic E-state index is -0.743. The molecule has 1 unspecified atom stereocenters. The van der Waals surface area contributed by atoms with Crippen LogP contribution in [0, 0.1) is 0 Å². The molecule has 0 radical (unpaired) electrons. The molecule has 0 aromatic heterocycles. The first kappa shape index (κ1) is 13.5. The molecular formula is C12H23NO3. The minimum Gasteiger partial charge on any atom is -0.481 e. The number of hydrogen-bond donors (Lipinski definition) is 1. The van der Waals surface area contributed by atoms with Gasteiger partial charge in [0.1, 0.15) is 0 Å². The number of carboxylic acids is 1. The molecule has 4 nitrogen and oxygen atoms in total. The van der Waals surface area contributed by atoms with Crippen molar-refractivity contribution < 1.29 is 14.6 Å². The normalized spacial score (nSPS) is 21.6. The maximum absolute atomic E-state index is 10.9. The van der Waals surface area contributed by atoms with Gasteiger partial charge in [-0.25, -0.2) is 0 Å². The molecular weight excluding hydrogens is 206 g/mol. The van der Waals surface area contributed by atoms with Crippen molar-refractivity contribution in [3.05, 3.63) is 0 Å². The maximum atomic E-state index is 10.9. The molecule has 1 heterocycles. The van der Waals surface area contributed by atoms with Gasteiger partial charge in [-0.15, -0.1) is 0 Å². The van der Waals surface area contributed by atoms with Gasteiger partial charge in [-0.2, -0.15) is 0 Å². The summed E-state index contributed by atoms with van der Waals surface area (Å²) >= 11 is 0. The number of nitrogens with zero attached hydrogens (tertiary/aromatic N) is 1. The second-order valence-electron chi connectivity index (χ2n) is 4.75. The van der Waals surface area contributed by atoms with E-state index in [2.05, 4.69) is 4.90 Å². The summed E-state index contributed by atoms with van der Waals surface area (Å²) in [6.45, 7) is 7.09. The lowest BCUT2D eigenvalue weighted by Crippen LogP contribution is -2.53. The summed E-state index contributed by atoms with van der Waals surface area (Å²) in [7, 11) is 0. The monoisotopic (exact) mass is 229 g/mol. The van der Waals surface area contributed by atoms with Gasteiger partial charge < -0.3 is 9.84 Å². The number of carbonyl (C=O) groups is 1. The van der Waals surface area contributed by atoms with E-state index in [4.69, 9.17) is 9.84 Å². The number of likely N-dealkylation sites (tertiary alicyclic amines) is 1. The van der Waals surface area contributed by atoms with Crippen molar-refractivity contribution in [2.75, 3.05) is 26.3 Å². The number of piperidine rings is 1. The highest BCUT2D eigenvalue weighted by molar-refractivity contribution is 5.68. The molecule has 0 spiro atoms. The Hall–Kier alpha value is -0.610. The molecule has 1 N–H and O–H groups in total. The molecule has 1 aliphatic heterocycles. The van der Waals surface area contributed by atoms with Crippen molar-refractivity contribution in [2.24, 2.45) is 0 Å².